The molecule has 2 heterocycles. The molecular weight excluding hydrogens is 304 g/mol. The van der Waals surface area contributed by atoms with Gasteiger partial charge in [0.1, 0.15) is 6.10 Å². The number of benzene rings is 1. The number of nitrogens with one attached hydrogen (secondary N) is 2. The van der Waals surface area contributed by atoms with Gasteiger partial charge in [0.25, 0.3) is 5.91 Å². The monoisotopic (exact) mass is 328 g/mol. The molecule has 0 saturated carbocycles. The maximum Gasteiger partial charge on any atom is 0.251 e. The molecule has 2 atom stereocenters. The molecule has 3 rings (SSSR count). The quantitative estimate of drug-likeness (QED) is 0.829. The number of allylic oxidation sites excluding steroid dienone is 1. The Bertz CT molecular complexity index is 731. The Morgan fingerprint density at radius 2 is 2.29 bits per heavy atom. The third-order valence-electron chi connectivity index (χ3n) is 4.24. The molecule has 24 heavy (non-hydrogen) atoms. The van der Waals surface area contributed by atoms with Crippen molar-refractivity contribution in [3.63, 3.8) is 0 Å². The lowest BCUT2D eigenvalue weighted by Gasteiger charge is -2.31. The molecule has 1 aliphatic heterocycles. The molecule has 0 bridgehead atoms. The molecule has 2 N–H and O–H groups in total. The van der Waals surface area contributed by atoms with Crippen molar-refractivity contribution in [1.29, 1.82) is 0 Å². The molecule has 1 aromatic heterocycles. The molecule has 5 nitrogen and oxygen atoms in total. The van der Waals surface area contributed by atoms with Crippen molar-refractivity contribution in [1.82, 2.24) is 10.3 Å². The van der Waals surface area contributed by atoms with E-state index in [1.165, 1.54) is 5.57 Å². The first-order valence-electron chi connectivity index (χ1n) is 8.34. The van der Waals surface area contributed by atoms with Crippen LogP contribution in [0.4, 0.5) is 0 Å². The van der Waals surface area contributed by atoms with Gasteiger partial charge in [-0.3, -0.25) is 4.79 Å². The molecule has 1 fully saturated rings. The maximum absolute atomic E-state index is 12.6. The fraction of sp³-hybridized carbons (Fsp3) is 0.421. The van der Waals surface area contributed by atoms with Gasteiger partial charge in [0, 0.05) is 29.3 Å². The van der Waals surface area contributed by atoms with Crippen LogP contribution in [-0.4, -0.2) is 42.9 Å². The summed E-state index contributed by atoms with van der Waals surface area (Å²) in [6.07, 6.45) is 4.55. The van der Waals surface area contributed by atoms with Crippen molar-refractivity contribution in [2.24, 2.45) is 0 Å². The summed E-state index contributed by atoms with van der Waals surface area (Å²) in [5, 5.41) is 4.14. The zero-order chi connectivity index (χ0) is 16.9. The molecule has 0 aliphatic carbocycles. The predicted molar refractivity (Wildman–Crippen MR) is 94.2 cm³/mol. The number of rotatable bonds is 5. The van der Waals surface area contributed by atoms with Gasteiger partial charge in [-0.1, -0.05) is 11.6 Å². The maximum atomic E-state index is 12.6. The lowest BCUT2D eigenvalue weighted by molar-refractivity contribution is -0.0589. The SMILES string of the molecule is CC(C)=CCO[C@@H]1COCC[C@H]1NC(=O)c1ccc2[nH]ccc2c1. The Balaban J connectivity index is 1.65. The fourth-order valence-electron chi connectivity index (χ4n) is 2.83. The minimum atomic E-state index is -0.116. The van der Waals surface area contributed by atoms with Crippen molar-refractivity contribution in [2.75, 3.05) is 19.8 Å². The largest absolute Gasteiger partial charge is 0.379 e. The van der Waals surface area contributed by atoms with Crippen LogP contribution in [0.25, 0.3) is 10.9 Å². The number of carbonyl (C=O) groups excluding carboxylic acids is 1. The highest BCUT2D eigenvalue weighted by Crippen LogP contribution is 2.16. The number of hydrogen-bond acceptors (Lipinski definition) is 3. The van der Waals surface area contributed by atoms with Crippen LogP contribution in [0.15, 0.2) is 42.1 Å². The summed E-state index contributed by atoms with van der Waals surface area (Å²) >= 11 is 0. The average molecular weight is 328 g/mol. The molecule has 1 aliphatic rings. The van der Waals surface area contributed by atoms with E-state index in [1.807, 2.05) is 50.4 Å². The Hall–Kier alpha value is -2.11. The molecule has 0 spiro atoms. The summed E-state index contributed by atoms with van der Waals surface area (Å²) in [6, 6.07) is 7.60. The highest BCUT2D eigenvalue weighted by molar-refractivity contribution is 5.98. The van der Waals surface area contributed by atoms with Gasteiger partial charge < -0.3 is 19.8 Å². The number of hydrogen-bond donors (Lipinski definition) is 2. The van der Waals surface area contributed by atoms with Gasteiger partial charge in [-0.15, -0.1) is 0 Å². The van der Waals surface area contributed by atoms with Crippen molar-refractivity contribution < 1.29 is 14.3 Å². The van der Waals surface area contributed by atoms with Crippen LogP contribution in [0.3, 0.4) is 0 Å². The third kappa shape index (κ3) is 4.04. The third-order valence-corrected chi connectivity index (χ3v) is 4.24. The molecule has 0 radical (unpaired) electrons. The summed E-state index contributed by atoms with van der Waals surface area (Å²) in [4.78, 5) is 15.7. The second-order valence-corrected chi connectivity index (χ2v) is 6.38. The lowest BCUT2D eigenvalue weighted by atomic mass is 10.0. The minimum Gasteiger partial charge on any atom is -0.379 e. The van der Waals surface area contributed by atoms with Crippen molar-refractivity contribution in [3.05, 3.63) is 47.7 Å². The van der Waals surface area contributed by atoms with E-state index < -0.39 is 0 Å². The molecule has 0 unspecified atom stereocenters. The molecule has 5 heteroatoms. The second kappa shape index (κ2) is 7.64. The number of aromatic amines is 1. The highest BCUT2D eigenvalue weighted by atomic mass is 16.5. The van der Waals surface area contributed by atoms with Gasteiger partial charge in [-0.2, -0.15) is 0 Å². The van der Waals surface area contributed by atoms with Crippen LogP contribution < -0.4 is 5.32 Å². The Morgan fingerprint density at radius 1 is 1.42 bits per heavy atom. The Morgan fingerprint density at radius 3 is 3.12 bits per heavy atom. The van der Waals surface area contributed by atoms with Crippen LogP contribution in [-0.2, 0) is 9.47 Å². The van der Waals surface area contributed by atoms with E-state index in [2.05, 4.69) is 10.3 Å². The second-order valence-electron chi connectivity index (χ2n) is 6.38. The Kier molecular flexibility index (Phi) is 5.33. The van der Waals surface area contributed by atoms with Gasteiger partial charge in [-0.25, -0.2) is 0 Å². The van der Waals surface area contributed by atoms with E-state index in [1.54, 1.807) is 0 Å². The van der Waals surface area contributed by atoms with Crippen LogP contribution in [0.1, 0.15) is 30.6 Å². The number of aromatic nitrogens is 1. The first kappa shape index (κ1) is 16.7. The van der Waals surface area contributed by atoms with Gasteiger partial charge in [-0.05, 0) is 44.5 Å². The van der Waals surface area contributed by atoms with Gasteiger partial charge in [0.05, 0.1) is 19.3 Å². The van der Waals surface area contributed by atoms with Crippen molar-refractivity contribution in [2.45, 2.75) is 32.4 Å². The topological polar surface area (TPSA) is 63.4 Å². The number of H-pyrrole nitrogens is 1. The van der Waals surface area contributed by atoms with Crippen LogP contribution in [0, 0.1) is 0 Å². The molecule has 128 valence electrons. The number of ether oxygens (including phenoxy) is 2. The minimum absolute atomic E-state index is 0.0290. The van der Waals surface area contributed by atoms with Crippen molar-refractivity contribution in [3.8, 4) is 0 Å². The summed E-state index contributed by atoms with van der Waals surface area (Å²) < 4.78 is 11.4. The molecule has 1 aromatic carbocycles. The normalized spacial score (nSPS) is 20.8. The van der Waals surface area contributed by atoms with E-state index >= 15 is 0 Å². The average Bonchev–Trinajstić information content (AvgIpc) is 3.03. The standard InChI is InChI=1S/C19H24N2O3/c1-13(2)6-10-24-18-12-23-9-7-17(18)21-19(22)15-3-4-16-14(11-15)5-8-20-16/h3-6,8,11,17-18,20H,7,9-10,12H2,1-2H3,(H,21,22)/t17-,18-/m1/s1. The van der Waals surface area contributed by atoms with Crippen LogP contribution >= 0.6 is 0 Å². The van der Waals surface area contributed by atoms with Crippen LogP contribution in [0.5, 0.6) is 0 Å². The number of fused-ring (bicyclic) bond motifs is 1. The van der Waals surface area contributed by atoms with E-state index in [-0.39, 0.29) is 18.1 Å². The fourth-order valence-corrected chi connectivity index (χ4v) is 2.83. The lowest BCUT2D eigenvalue weighted by Crippen LogP contribution is -2.50. The van der Waals surface area contributed by atoms with Gasteiger partial charge in [0.2, 0.25) is 0 Å². The molecule has 1 saturated heterocycles. The zero-order valence-electron chi connectivity index (χ0n) is 14.2. The van der Waals surface area contributed by atoms with E-state index in [4.69, 9.17) is 9.47 Å². The highest BCUT2D eigenvalue weighted by Gasteiger charge is 2.28. The van der Waals surface area contributed by atoms with E-state index in [0.717, 1.165) is 17.3 Å². The smallest absolute Gasteiger partial charge is 0.251 e. The number of carbonyl (C=O) groups is 1. The summed E-state index contributed by atoms with van der Waals surface area (Å²) in [5.74, 6) is -0.0687. The zero-order valence-corrected chi connectivity index (χ0v) is 14.2. The van der Waals surface area contributed by atoms with Crippen LogP contribution in [0.2, 0.25) is 0 Å². The van der Waals surface area contributed by atoms with E-state index in [9.17, 15) is 4.79 Å². The first-order chi connectivity index (χ1) is 11.6. The summed E-state index contributed by atoms with van der Waals surface area (Å²) in [6.45, 7) is 5.77. The molecule has 2 aromatic rings. The molecule has 1 amide bonds. The summed E-state index contributed by atoms with van der Waals surface area (Å²) in [5.41, 5.74) is 2.91. The Labute approximate surface area is 142 Å². The summed E-state index contributed by atoms with van der Waals surface area (Å²) in [7, 11) is 0. The van der Waals surface area contributed by atoms with Crippen molar-refractivity contribution >= 4 is 16.8 Å². The van der Waals surface area contributed by atoms with Gasteiger partial charge >= 0.3 is 0 Å². The predicted octanol–water partition coefficient (Wildman–Crippen LogP) is 3.04. The van der Waals surface area contributed by atoms with E-state index in [0.29, 0.717) is 25.4 Å². The number of amides is 1. The first-order valence-corrected chi connectivity index (χ1v) is 8.34. The molecular formula is C19H24N2O3. The van der Waals surface area contributed by atoms with Gasteiger partial charge in [0.15, 0.2) is 0 Å².